The molecule has 0 bridgehead atoms. The molecule has 0 saturated heterocycles. The Morgan fingerprint density at radius 3 is 2.59 bits per heavy atom. The molecule has 7 nitrogen and oxygen atoms in total. The van der Waals surface area contributed by atoms with Crippen LogP contribution < -0.4 is 10.6 Å². The lowest BCUT2D eigenvalue weighted by Gasteiger charge is -2.14. The molecule has 0 aliphatic rings. The Labute approximate surface area is 148 Å². The Balaban J connectivity index is 0.00000441. The molecule has 0 fully saturated rings. The number of guanidine groups is 1. The smallest absolute Gasteiger partial charge is 0.241 e. The molecule has 0 aliphatic carbocycles. The summed E-state index contributed by atoms with van der Waals surface area (Å²) in [5.41, 5.74) is 1.78. The van der Waals surface area contributed by atoms with E-state index in [4.69, 9.17) is 4.52 Å². The van der Waals surface area contributed by atoms with Crippen molar-refractivity contribution in [2.24, 2.45) is 4.99 Å². The third-order valence-corrected chi connectivity index (χ3v) is 2.90. The molecular weight excluding hydrogens is 397 g/mol. The van der Waals surface area contributed by atoms with Crippen molar-refractivity contribution in [2.45, 2.75) is 20.4 Å². The van der Waals surface area contributed by atoms with Crippen LogP contribution in [0.5, 0.6) is 0 Å². The molecule has 0 saturated carbocycles. The Bertz CT molecular complexity index is 506. The Kier molecular flexibility index (Phi) is 9.46. The average Bonchev–Trinajstić information content (AvgIpc) is 2.77. The third kappa shape index (κ3) is 6.46. The molecule has 124 valence electrons. The second kappa shape index (κ2) is 10.2. The van der Waals surface area contributed by atoms with Gasteiger partial charge < -0.3 is 20.1 Å². The van der Waals surface area contributed by atoms with Crippen molar-refractivity contribution in [2.75, 3.05) is 27.2 Å². The molecule has 2 N–H and O–H groups in total. The average molecular weight is 421 g/mol. The number of halogens is 1. The number of carbonyl (C=O) groups is 1. The van der Waals surface area contributed by atoms with Crippen LogP contribution in [-0.2, 0) is 11.3 Å². The summed E-state index contributed by atoms with van der Waals surface area (Å²) in [4.78, 5) is 17.6. The highest BCUT2D eigenvalue weighted by Gasteiger charge is 2.09. The maximum absolute atomic E-state index is 11.6. The first kappa shape index (κ1) is 20.4. The molecular formula is C14H24IN5O2. The monoisotopic (exact) mass is 421 g/mol. The molecule has 1 amide bonds. The quantitative estimate of drug-likeness (QED) is 0.313. The normalized spacial score (nSPS) is 10.6. The van der Waals surface area contributed by atoms with Gasteiger partial charge in [-0.2, -0.15) is 0 Å². The molecule has 0 radical (unpaired) electrons. The predicted molar refractivity (Wildman–Crippen MR) is 97.4 cm³/mol. The zero-order chi connectivity index (χ0) is 15.8. The summed E-state index contributed by atoms with van der Waals surface area (Å²) >= 11 is 0. The largest absolute Gasteiger partial charge is 0.361 e. The number of carbonyl (C=O) groups excluding carboxylic acids is 1. The van der Waals surface area contributed by atoms with Crippen LogP contribution in [0.15, 0.2) is 22.2 Å². The van der Waals surface area contributed by atoms with Crippen molar-refractivity contribution in [1.29, 1.82) is 0 Å². The van der Waals surface area contributed by atoms with Crippen LogP contribution in [0.4, 0.5) is 0 Å². The van der Waals surface area contributed by atoms with Crippen LogP contribution in [0.1, 0.15) is 17.0 Å². The van der Waals surface area contributed by atoms with Crippen molar-refractivity contribution in [3.8, 4) is 0 Å². The number of amides is 1. The van der Waals surface area contributed by atoms with Crippen LogP contribution in [0.25, 0.3) is 0 Å². The van der Waals surface area contributed by atoms with Gasteiger partial charge in [0.2, 0.25) is 5.91 Å². The van der Waals surface area contributed by atoms with E-state index in [0.29, 0.717) is 19.0 Å². The van der Waals surface area contributed by atoms with Crippen molar-refractivity contribution >= 4 is 35.8 Å². The standard InChI is InChI=1S/C14H23N5O2.HI/c1-6-7-15-14(17-9-13(20)19(4)5)16-8-12-10(2)18-21-11(12)3;/h6H,1,7-9H2,2-5H3,(H2,15,16,17);1H. The van der Waals surface area contributed by atoms with E-state index in [9.17, 15) is 4.79 Å². The van der Waals surface area contributed by atoms with E-state index in [1.54, 1.807) is 20.2 Å². The Morgan fingerprint density at radius 1 is 1.41 bits per heavy atom. The first-order valence-electron chi connectivity index (χ1n) is 6.70. The summed E-state index contributed by atoms with van der Waals surface area (Å²) in [5, 5.41) is 9.94. The fourth-order valence-electron chi connectivity index (χ4n) is 1.55. The lowest BCUT2D eigenvalue weighted by molar-refractivity contribution is -0.127. The van der Waals surface area contributed by atoms with Gasteiger partial charge in [0, 0.05) is 26.2 Å². The molecule has 1 aromatic heterocycles. The number of aliphatic imine (C=N–C) groups is 1. The van der Waals surface area contributed by atoms with E-state index in [0.717, 1.165) is 17.0 Å². The van der Waals surface area contributed by atoms with Gasteiger partial charge in [-0.1, -0.05) is 11.2 Å². The molecule has 1 heterocycles. The van der Waals surface area contributed by atoms with Gasteiger partial charge in [0.1, 0.15) is 5.76 Å². The SMILES string of the molecule is C=CCNC(=NCc1c(C)noc1C)NCC(=O)N(C)C.I. The minimum atomic E-state index is -0.0274. The molecule has 1 aromatic rings. The maximum atomic E-state index is 11.6. The van der Waals surface area contributed by atoms with E-state index in [2.05, 4.69) is 27.4 Å². The molecule has 1 rings (SSSR count). The van der Waals surface area contributed by atoms with Gasteiger partial charge in [0.25, 0.3) is 0 Å². The fraction of sp³-hybridized carbons (Fsp3) is 0.500. The minimum absolute atomic E-state index is 0. The van der Waals surface area contributed by atoms with Gasteiger partial charge in [0.15, 0.2) is 5.96 Å². The topological polar surface area (TPSA) is 82.8 Å². The van der Waals surface area contributed by atoms with Gasteiger partial charge >= 0.3 is 0 Å². The first-order chi connectivity index (χ1) is 9.95. The summed E-state index contributed by atoms with van der Waals surface area (Å²) in [6.45, 7) is 8.55. The lowest BCUT2D eigenvalue weighted by atomic mass is 10.2. The van der Waals surface area contributed by atoms with Gasteiger partial charge in [-0.25, -0.2) is 4.99 Å². The van der Waals surface area contributed by atoms with Crippen LogP contribution >= 0.6 is 24.0 Å². The van der Waals surface area contributed by atoms with E-state index >= 15 is 0 Å². The van der Waals surface area contributed by atoms with Crippen LogP contribution in [0, 0.1) is 13.8 Å². The number of aromatic nitrogens is 1. The molecule has 0 atom stereocenters. The zero-order valence-corrected chi connectivity index (χ0v) is 15.8. The van der Waals surface area contributed by atoms with Crippen molar-refractivity contribution in [3.05, 3.63) is 29.7 Å². The molecule has 0 aromatic carbocycles. The summed E-state index contributed by atoms with van der Waals surface area (Å²) in [6, 6.07) is 0. The number of hydrogen-bond acceptors (Lipinski definition) is 4. The molecule has 0 unspecified atom stereocenters. The first-order valence-corrected chi connectivity index (χ1v) is 6.70. The lowest BCUT2D eigenvalue weighted by Crippen LogP contribution is -2.43. The highest BCUT2D eigenvalue weighted by Crippen LogP contribution is 2.12. The molecule has 22 heavy (non-hydrogen) atoms. The van der Waals surface area contributed by atoms with Crippen molar-refractivity contribution in [1.82, 2.24) is 20.7 Å². The van der Waals surface area contributed by atoms with Gasteiger partial charge in [-0.05, 0) is 13.8 Å². The predicted octanol–water partition coefficient (Wildman–Crippen LogP) is 1.22. The molecule has 0 spiro atoms. The van der Waals surface area contributed by atoms with Crippen LogP contribution in [0.2, 0.25) is 0 Å². The number of rotatable bonds is 6. The van der Waals surface area contributed by atoms with Gasteiger partial charge in [-0.15, -0.1) is 30.6 Å². The highest BCUT2D eigenvalue weighted by molar-refractivity contribution is 14.0. The summed E-state index contributed by atoms with van der Waals surface area (Å²) in [5.74, 6) is 1.27. The summed E-state index contributed by atoms with van der Waals surface area (Å²) < 4.78 is 5.10. The highest BCUT2D eigenvalue weighted by atomic mass is 127. The van der Waals surface area contributed by atoms with E-state index in [1.165, 1.54) is 4.90 Å². The number of hydrogen-bond donors (Lipinski definition) is 2. The van der Waals surface area contributed by atoms with Crippen LogP contribution in [0.3, 0.4) is 0 Å². The zero-order valence-electron chi connectivity index (χ0n) is 13.5. The van der Waals surface area contributed by atoms with Crippen molar-refractivity contribution in [3.63, 3.8) is 0 Å². The van der Waals surface area contributed by atoms with Gasteiger partial charge in [0.05, 0.1) is 18.8 Å². The number of likely N-dealkylation sites (N-methyl/N-ethyl adjacent to an activating group) is 1. The summed E-state index contributed by atoms with van der Waals surface area (Å²) in [6.07, 6.45) is 1.72. The maximum Gasteiger partial charge on any atom is 0.241 e. The minimum Gasteiger partial charge on any atom is -0.361 e. The Morgan fingerprint density at radius 2 is 2.09 bits per heavy atom. The number of nitrogens with zero attached hydrogens (tertiary/aromatic N) is 3. The van der Waals surface area contributed by atoms with E-state index in [1.807, 2.05) is 13.8 Å². The van der Waals surface area contributed by atoms with Gasteiger partial charge in [-0.3, -0.25) is 4.79 Å². The second-order valence-electron chi connectivity index (χ2n) is 4.78. The Hall–Kier alpha value is -1.58. The fourth-order valence-corrected chi connectivity index (χ4v) is 1.55. The number of nitrogens with one attached hydrogen (secondary N) is 2. The third-order valence-electron chi connectivity index (χ3n) is 2.90. The second-order valence-corrected chi connectivity index (χ2v) is 4.78. The molecule has 0 aliphatic heterocycles. The summed E-state index contributed by atoms with van der Waals surface area (Å²) in [7, 11) is 3.42. The van der Waals surface area contributed by atoms with E-state index < -0.39 is 0 Å². The number of aryl methyl sites for hydroxylation is 2. The van der Waals surface area contributed by atoms with Crippen molar-refractivity contribution < 1.29 is 9.32 Å². The van der Waals surface area contributed by atoms with Crippen LogP contribution in [-0.4, -0.2) is 49.1 Å². The van der Waals surface area contributed by atoms with E-state index in [-0.39, 0.29) is 36.4 Å². The molecule has 8 heteroatoms.